The van der Waals surface area contributed by atoms with Gasteiger partial charge in [-0.05, 0) is 38.6 Å². The van der Waals surface area contributed by atoms with Crippen molar-refractivity contribution in [3.63, 3.8) is 0 Å². The summed E-state index contributed by atoms with van der Waals surface area (Å²) in [5.74, 6) is 1.33. The van der Waals surface area contributed by atoms with Crippen LogP contribution in [0.1, 0.15) is 26.2 Å². The van der Waals surface area contributed by atoms with E-state index in [4.69, 9.17) is 0 Å². The molecule has 3 saturated heterocycles. The Labute approximate surface area is 103 Å². The lowest BCUT2D eigenvalue weighted by molar-refractivity contribution is -0.140. The van der Waals surface area contributed by atoms with Crippen LogP contribution in [-0.2, 0) is 4.79 Å². The molecule has 0 aromatic heterocycles. The standard InChI is InChI=1S/C13H23N3O/c1-9-11(4-5-15-9)13(17)16-6-2-3-10-7-14-8-12(10)16/h9-12,14-15H,2-8H2,1H3/t9-,10+,11+,12-/m1/s1. The second-order valence-electron chi connectivity index (χ2n) is 5.80. The zero-order valence-corrected chi connectivity index (χ0v) is 10.6. The lowest BCUT2D eigenvalue weighted by Gasteiger charge is -2.39. The second-order valence-corrected chi connectivity index (χ2v) is 5.80. The van der Waals surface area contributed by atoms with E-state index in [1.807, 2.05) is 0 Å². The van der Waals surface area contributed by atoms with E-state index >= 15 is 0 Å². The SMILES string of the molecule is C[C@H]1NCC[C@@H]1C(=O)N1CCC[C@H]2CNC[C@H]21. The smallest absolute Gasteiger partial charge is 0.227 e. The molecule has 96 valence electrons. The first kappa shape index (κ1) is 11.5. The molecule has 4 heteroatoms. The molecule has 0 aromatic rings. The third kappa shape index (κ3) is 1.97. The molecular formula is C13H23N3O. The largest absolute Gasteiger partial charge is 0.338 e. The molecule has 0 aliphatic carbocycles. The lowest BCUT2D eigenvalue weighted by Crippen LogP contribution is -2.51. The van der Waals surface area contributed by atoms with E-state index in [9.17, 15) is 4.79 Å². The van der Waals surface area contributed by atoms with Gasteiger partial charge in [-0.15, -0.1) is 0 Å². The Morgan fingerprint density at radius 1 is 1.29 bits per heavy atom. The van der Waals surface area contributed by atoms with Crippen molar-refractivity contribution in [1.29, 1.82) is 0 Å². The minimum atomic E-state index is 0.217. The Balaban J connectivity index is 1.72. The van der Waals surface area contributed by atoms with E-state index in [0.717, 1.165) is 32.6 Å². The summed E-state index contributed by atoms with van der Waals surface area (Å²) in [6, 6.07) is 0.835. The van der Waals surface area contributed by atoms with Crippen molar-refractivity contribution in [2.24, 2.45) is 11.8 Å². The van der Waals surface area contributed by atoms with Crippen LogP contribution in [0.15, 0.2) is 0 Å². The lowest BCUT2D eigenvalue weighted by atomic mass is 9.90. The first-order valence-electron chi connectivity index (χ1n) is 7.02. The van der Waals surface area contributed by atoms with Gasteiger partial charge in [0.1, 0.15) is 0 Å². The number of amides is 1. The van der Waals surface area contributed by atoms with Gasteiger partial charge >= 0.3 is 0 Å². The van der Waals surface area contributed by atoms with E-state index < -0.39 is 0 Å². The van der Waals surface area contributed by atoms with Crippen LogP contribution in [0, 0.1) is 11.8 Å². The van der Waals surface area contributed by atoms with Gasteiger partial charge in [0.2, 0.25) is 5.91 Å². The molecule has 3 heterocycles. The van der Waals surface area contributed by atoms with Gasteiger partial charge < -0.3 is 15.5 Å². The number of fused-ring (bicyclic) bond motifs is 1. The molecule has 3 fully saturated rings. The highest BCUT2D eigenvalue weighted by Crippen LogP contribution is 2.29. The quantitative estimate of drug-likeness (QED) is 0.684. The van der Waals surface area contributed by atoms with Crippen LogP contribution in [0.25, 0.3) is 0 Å². The highest BCUT2D eigenvalue weighted by molar-refractivity contribution is 5.80. The Morgan fingerprint density at radius 3 is 2.94 bits per heavy atom. The van der Waals surface area contributed by atoms with Crippen molar-refractivity contribution in [3.8, 4) is 0 Å². The molecular weight excluding hydrogens is 214 g/mol. The van der Waals surface area contributed by atoms with Gasteiger partial charge in [-0.25, -0.2) is 0 Å². The monoisotopic (exact) mass is 237 g/mol. The first-order valence-corrected chi connectivity index (χ1v) is 7.02. The molecule has 2 N–H and O–H groups in total. The molecule has 3 rings (SSSR count). The molecule has 0 spiro atoms. The number of carbonyl (C=O) groups is 1. The van der Waals surface area contributed by atoms with Crippen LogP contribution in [0.5, 0.6) is 0 Å². The van der Waals surface area contributed by atoms with Crippen LogP contribution >= 0.6 is 0 Å². The Morgan fingerprint density at radius 2 is 2.18 bits per heavy atom. The van der Waals surface area contributed by atoms with Crippen LogP contribution in [-0.4, -0.2) is 49.1 Å². The molecule has 3 aliphatic heterocycles. The molecule has 0 radical (unpaired) electrons. The third-order valence-corrected chi connectivity index (χ3v) is 4.80. The summed E-state index contributed by atoms with van der Waals surface area (Å²) in [6.45, 7) is 6.23. The summed E-state index contributed by atoms with van der Waals surface area (Å²) < 4.78 is 0. The minimum absolute atomic E-state index is 0.217. The summed E-state index contributed by atoms with van der Waals surface area (Å²) in [5.41, 5.74) is 0. The normalized spacial score (nSPS) is 41.6. The van der Waals surface area contributed by atoms with Crippen molar-refractivity contribution in [1.82, 2.24) is 15.5 Å². The highest BCUT2D eigenvalue weighted by Gasteiger charge is 2.41. The number of carbonyl (C=O) groups excluding carboxylic acids is 1. The molecule has 4 nitrogen and oxygen atoms in total. The summed E-state index contributed by atoms with van der Waals surface area (Å²) >= 11 is 0. The summed E-state index contributed by atoms with van der Waals surface area (Å²) in [6.07, 6.45) is 3.49. The topological polar surface area (TPSA) is 44.4 Å². The molecule has 0 unspecified atom stereocenters. The van der Waals surface area contributed by atoms with Gasteiger partial charge in [-0.1, -0.05) is 0 Å². The number of piperidine rings is 1. The Kier molecular flexibility index (Phi) is 3.09. The number of nitrogens with one attached hydrogen (secondary N) is 2. The number of hydrogen-bond donors (Lipinski definition) is 2. The second kappa shape index (κ2) is 4.58. The summed E-state index contributed by atoms with van der Waals surface area (Å²) in [4.78, 5) is 14.8. The van der Waals surface area contributed by atoms with Crippen LogP contribution in [0.3, 0.4) is 0 Å². The zero-order chi connectivity index (χ0) is 11.8. The van der Waals surface area contributed by atoms with Crippen molar-refractivity contribution in [2.75, 3.05) is 26.2 Å². The Bertz CT molecular complexity index is 307. The molecule has 1 amide bonds. The van der Waals surface area contributed by atoms with E-state index in [1.54, 1.807) is 0 Å². The maximum absolute atomic E-state index is 12.6. The first-order chi connectivity index (χ1) is 8.27. The zero-order valence-electron chi connectivity index (χ0n) is 10.6. The molecule has 17 heavy (non-hydrogen) atoms. The molecule has 3 aliphatic rings. The van der Waals surface area contributed by atoms with Crippen LogP contribution in [0.2, 0.25) is 0 Å². The van der Waals surface area contributed by atoms with Crippen molar-refractivity contribution in [2.45, 2.75) is 38.3 Å². The van der Waals surface area contributed by atoms with Crippen molar-refractivity contribution >= 4 is 5.91 Å². The molecule has 0 saturated carbocycles. The van der Waals surface area contributed by atoms with Gasteiger partial charge in [-0.2, -0.15) is 0 Å². The fourth-order valence-corrected chi connectivity index (χ4v) is 3.75. The number of likely N-dealkylation sites (tertiary alicyclic amines) is 1. The maximum atomic E-state index is 12.6. The maximum Gasteiger partial charge on any atom is 0.227 e. The van der Waals surface area contributed by atoms with Crippen LogP contribution in [0.4, 0.5) is 0 Å². The van der Waals surface area contributed by atoms with Gasteiger partial charge in [0.05, 0.1) is 5.92 Å². The van der Waals surface area contributed by atoms with Crippen LogP contribution < -0.4 is 10.6 Å². The number of nitrogens with zero attached hydrogens (tertiary/aromatic N) is 1. The third-order valence-electron chi connectivity index (χ3n) is 4.80. The average Bonchev–Trinajstić information content (AvgIpc) is 2.95. The predicted molar refractivity (Wildman–Crippen MR) is 66.7 cm³/mol. The minimum Gasteiger partial charge on any atom is -0.338 e. The van der Waals surface area contributed by atoms with Gasteiger partial charge in [0, 0.05) is 31.7 Å². The van der Waals surface area contributed by atoms with E-state index in [-0.39, 0.29) is 5.92 Å². The highest BCUT2D eigenvalue weighted by atomic mass is 16.2. The van der Waals surface area contributed by atoms with Crippen molar-refractivity contribution < 1.29 is 4.79 Å². The van der Waals surface area contributed by atoms with Gasteiger partial charge in [0.15, 0.2) is 0 Å². The fourth-order valence-electron chi connectivity index (χ4n) is 3.75. The Hall–Kier alpha value is -0.610. The van der Waals surface area contributed by atoms with Crippen molar-refractivity contribution in [3.05, 3.63) is 0 Å². The average molecular weight is 237 g/mol. The van der Waals surface area contributed by atoms with E-state index in [0.29, 0.717) is 23.9 Å². The van der Waals surface area contributed by atoms with E-state index in [1.165, 1.54) is 12.8 Å². The molecule has 0 bridgehead atoms. The molecule has 0 aromatic carbocycles. The number of rotatable bonds is 1. The van der Waals surface area contributed by atoms with Gasteiger partial charge in [-0.3, -0.25) is 4.79 Å². The van der Waals surface area contributed by atoms with E-state index in [2.05, 4.69) is 22.5 Å². The summed E-state index contributed by atoms with van der Waals surface area (Å²) in [5, 5.41) is 6.83. The van der Waals surface area contributed by atoms with Gasteiger partial charge in [0.25, 0.3) is 0 Å². The number of hydrogen-bond acceptors (Lipinski definition) is 3. The fraction of sp³-hybridized carbons (Fsp3) is 0.923. The molecule has 4 atom stereocenters. The summed E-state index contributed by atoms with van der Waals surface area (Å²) in [7, 11) is 0. The predicted octanol–water partition coefficient (Wildman–Crippen LogP) is 0.195.